The summed E-state index contributed by atoms with van der Waals surface area (Å²) in [5, 5.41) is 11.6. The highest BCUT2D eigenvalue weighted by molar-refractivity contribution is 5.79. The Kier molecular flexibility index (Phi) is 2.61. The molecule has 0 bridgehead atoms. The highest BCUT2D eigenvalue weighted by atomic mass is 15.1. The number of rotatable bonds is 1. The van der Waals surface area contributed by atoms with Crippen LogP contribution in [0.4, 0.5) is 0 Å². The summed E-state index contributed by atoms with van der Waals surface area (Å²) in [5.41, 5.74) is 10.0. The SMILES string of the molecule is Cc1cc2cn[nH]c2cc1C1CCNCC1N. The van der Waals surface area contributed by atoms with Gasteiger partial charge >= 0.3 is 0 Å². The zero-order valence-electron chi connectivity index (χ0n) is 10.0. The Hall–Kier alpha value is -1.39. The summed E-state index contributed by atoms with van der Waals surface area (Å²) in [7, 11) is 0. The van der Waals surface area contributed by atoms with Crippen LogP contribution >= 0.6 is 0 Å². The maximum absolute atomic E-state index is 6.21. The van der Waals surface area contributed by atoms with Gasteiger partial charge < -0.3 is 11.1 Å². The first kappa shape index (κ1) is 10.7. The van der Waals surface area contributed by atoms with Gasteiger partial charge in [0.25, 0.3) is 0 Å². The van der Waals surface area contributed by atoms with E-state index in [4.69, 9.17) is 5.73 Å². The molecule has 0 saturated carbocycles. The third-order valence-corrected chi connectivity index (χ3v) is 3.76. The lowest BCUT2D eigenvalue weighted by molar-refractivity contribution is 0.402. The van der Waals surface area contributed by atoms with Crippen molar-refractivity contribution in [3.05, 3.63) is 29.5 Å². The predicted octanol–water partition coefficient (Wildman–Crippen LogP) is 1.28. The standard InChI is InChI=1S/C13H18N4/c1-8-4-9-6-16-17-13(9)5-11(8)10-2-3-15-7-12(10)14/h4-6,10,12,15H,2-3,7,14H2,1H3,(H,16,17). The van der Waals surface area contributed by atoms with E-state index in [1.54, 1.807) is 0 Å². The van der Waals surface area contributed by atoms with Crippen molar-refractivity contribution in [1.82, 2.24) is 15.5 Å². The fourth-order valence-corrected chi connectivity index (χ4v) is 2.79. The molecule has 0 spiro atoms. The number of hydrogen-bond acceptors (Lipinski definition) is 3. The summed E-state index contributed by atoms with van der Waals surface area (Å²) >= 11 is 0. The smallest absolute Gasteiger partial charge is 0.0653 e. The Balaban J connectivity index is 2.05. The van der Waals surface area contributed by atoms with Crippen molar-refractivity contribution >= 4 is 10.9 Å². The van der Waals surface area contributed by atoms with Gasteiger partial charge in [0.15, 0.2) is 0 Å². The quantitative estimate of drug-likeness (QED) is 0.691. The number of nitrogens with two attached hydrogens (primary N) is 1. The van der Waals surface area contributed by atoms with Gasteiger partial charge in [0.2, 0.25) is 0 Å². The Morgan fingerprint density at radius 2 is 2.29 bits per heavy atom. The average molecular weight is 230 g/mol. The number of piperidine rings is 1. The van der Waals surface area contributed by atoms with E-state index < -0.39 is 0 Å². The zero-order chi connectivity index (χ0) is 11.8. The molecular formula is C13H18N4. The van der Waals surface area contributed by atoms with Gasteiger partial charge in [-0.2, -0.15) is 5.10 Å². The van der Waals surface area contributed by atoms with E-state index in [0.29, 0.717) is 5.92 Å². The van der Waals surface area contributed by atoms with Gasteiger partial charge in [0, 0.05) is 23.9 Å². The highest BCUT2D eigenvalue weighted by Crippen LogP contribution is 2.29. The molecule has 3 rings (SSSR count). The van der Waals surface area contributed by atoms with Crippen LogP contribution < -0.4 is 11.1 Å². The maximum Gasteiger partial charge on any atom is 0.0653 e. The highest BCUT2D eigenvalue weighted by Gasteiger charge is 2.24. The number of nitrogens with zero attached hydrogens (tertiary/aromatic N) is 1. The predicted molar refractivity (Wildman–Crippen MR) is 69.0 cm³/mol. The fourth-order valence-electron chi connectivity index (χ4n) is 2.79. The minimum absolute atomic E-state index is 0.211. The molecule has 1 fully saturated rings. The summed E-state index contributed by atoms with van der Waals surface area (Å²) in [6.07, 6.45) is 2.98. The molecule has 1 saturated heterocycles. The summed E-state index contributed by atoms with van der Waals surface area (Å²) in [5.74, 6) is 0.462. The molecule has 2 heterocycles. The van der Waals surface area contributed by atoms with Gasteiger partial charge in [-0.25, -0.2) is 0 Å². The van der Waals surface area contributed by atoms with Crippen molar-refractivity contribution in [2.75, 3.05) is 13.1 Å². The van der Waals surface area contributed by atoms with Gasteiger partial charge in [-0.05, 0) is 43.1 Å². The molecule has 4 N–H and O–H groups in total. The van der Waals surface area contributed by atoms with Crippen molar-refractivity contribution in [2.24, 2.45) is 5.73 Å². The topological polar surface area (TPSA) is 66.7 Å². The fraction of sp³-hybridized carbons (Fsp3) is 0.462. The van der Waals surface area contributed by atoms with Gasteiger partial charge in [0.1, 0.15) is 0 Å². The number of hydrogen-bond donors (Lipinski definition) is 3. The lowest BCUT2D eigenvalue weighted by Crippen LogP contribution is -2.44. The minimum Gasteiger partial charge on any atom is -0.326 e. The summed E-state index contributed by atoms with van der Waals surface area (Å²) in [6.45, 7) is 4.13. The van der Waals surface area contributed by atoms with Crippen molar-refractivity contribution in [2.45, 2.75) is 25.3 Å². The maximum atomic E-state index is 6.21. The number of aromatic amines is 1. The van der Waals surface area contributed by atoms with Crippen LogP contribution in [0, 0.1) is 6.92 Å². The lowest BCUT2D eigenvalue weighted by Gasteiger charge is -2.30. The number of nitrogens with one attached hydrogen (secondary N) is 2. The van der Waals surface area contributed by atoms with Gasteiger partial charge in [0.05, 0.1) is 11.7 Å². The molecular weight excluding hydrogens is 212 g/mol. The largest absolute Gasteiger partial charge is 0.326 e. The van der Waals surface area contributed by atoms with Crippen LogP contribution in [0.5, 0.6) is 0 Å². The number of benzene rings is 1. The molecule has 1 aromatic carbocycles. The van der Waals surface area contributed by atoms with Crippen LogP contribution in [0.25, 0.3) is 10.9 Å². The van der Waals surface area contributed by atoms with Crippen LogP contribution in [-0.2, 0) is 0 Å². The second kappa shape index (κ2) is 4.13. The third kappa shape index (κ3) is 1.83. The zero-order valence-corrected chi connectivity index (χ0v) is 10.0. The van der Waals surface area contributed by atoms with Gasteiger partial charge in [-0.1, -0.05) is 0 Å². The molecule has 1 aliphatic rings. The Morgan fingerprint density at radius 1 is 1.41 bits per heavy atom. The van der Waals surface area contributed by atoms with Crippen LogP contribution in [0.15, 0.2) is 18.3 Å². The third-order valence-electron chi connectivity index (χ3n) is 3.76. The molecule has 17 heavy (non-hydrogen) atoms. The minimum atomic E-state index is 0.211. The molecule has 2 unspecified atom stereocenters. The van der Waals surface area contributed by atoms with Crippen LogP contribution in [-0.4, -0.2) is 29.3 Å². The molecule has 1 aliphatic heterocycles. The number of aryl methyl sites for hydroxylation is 1. The molecule has 0 aliphatic carbocycles. The van der Waals surface area contributed by atoms with Crippen molar-refractivity contribution in [3.8, 4) is 0 Å². The second-order valence-electron chi connectivity index (χ2n) is 4.93. The lowest BCUT2D eigenvalue weighted by atomic mass is 9.84. The van der Waals surface area contributed by atoms with Gasteiger partial charge in [-0.15, -0.1) is 0 Å². The first-order valence-corrected chi connectivity index (χ1v) is 6.15. The molecule has 4 heteroatoms. The average Bonchev–Trinajstić information content (AvgIpc) is 2.76. The molecule has 2 atom stereocenters. The Labute approximate surface area is 101 Å². The van der Waals surface area contributed by atoms with Crippen molar-refractivity contribution in [1.29, 1.82) is 0 Å². The summed E-state index contributed by atoms with van der Waals surface area (Å²) in [6, 6.07) is 4.62. The van der Waals surface area contributed by atoms with Crippen LogP contribution in [0.3, 0.4) is 0 Å². The first-order chi connectivity index (χ1) is 8.25. The molecule has 0 amide bonds. The van der Waals surface area contributed by atoms with Gasteiger partial charge in [-0.3, -0.25) is 5.10 Å². The molecule has 2 aromatic rings. The second-order valence-corrected chi connectivity index (χ2v) is 4.93. The molecule has 1 aromatic heterocycles. The van der Waals surface area contributed by atoms with E-state index >= 15 is 0 Å². The van der Waals surface area contributed by atoms with Crippen LogP contribution in [0.2, 0.25) is 0 Å². The van der Waals surface area contributed by atoms with Crippen LogP contribution in [0.1, 0.15) is 23.5 Å². The summed E-state index contributed by atoms with van der Waals surface area (Å²) in [4.78, 5) is 0. The molecule has 4 nitrogen and oxygen atoms in total. The number of H-pyrrole nitrogens is 1. The number of aromatic nitrogens is 2. The molecule has 90 valence electrons. The van der Waals surface area contributed by atoms with E-state index in [1.165, 1.54) is 16.5 Å². The molecule has 0 radical (unpaired) electrons. The van der Waals surface area contributed by atoms with E-state index in [9.17, 15) is 0 Å². The number of fused-ring (bicyclic) bond motifs is 1. The van der Waals surface area contributed by atoms with E-state index in [-0.39, 0.29) is 6.04 Å². The Morgan fingerprint density at radius 3 is 3.12 bits per heavy atom. The van der Waals surface area contributed by atoms with E-state index in [2.05, 4.69) is 34.6 Å². The normalized spacial score (nSPS) is 25.3. The van der Waals surface area contributed by atoms with E-state index in [0.717, 1.165) is 25.0 Å². The van der Waals surface area contributed by atoms with Crippen molar-refractivity contribution < 1.29 is 0 Å². The van der Waals surface area contributed by atoms with E-state index in [1.807, 2.05) is 6.20 Å². The first-order valence-electron chi connectivity index (χ1n) is 6.15. The Bertz CT molecular complexity index is 531. The summed E-state index contributed by atoms with van der Waals surface area (Å²) < 4.78 is 0. The monoisotopic (exact) mass is 230 g/mol. The van der Waals surface area contributed by atoms with Crippen molar-refractivity contribution in [3.63, 3.8) is 0 Å².